The van der Waals surface area contributed by atoms with Gasteiger partial charge in [-0.05, 0) is 79.8 Å². The average molecular weight is 596 g/mol. The predicted molar refractivity (Wildman–Crippen MR) is 157 cm³/mol. The van der Waals surface area contributed by atoms with Gasteiger partial charge in [0.1, 0.15) is 5.76 Å². The van der Waals surface area contributed by atoms with Gasteiger partial charge in [0, 0.05) is 12.8 Å². The monoisotopic (exact) mass is 595 g/mol. The van der Waals surface area contributed by atoms with Gasteiger partial charge >= 0.3 is 5.97 Å². The van der Waals surface area contributed by atoms with Crippen molar-refractivity contribution in [3.8, 4) is 11.1 Å². The van der Waals surface area contributed by atoms with E-state index in [9.17, 15) is 21.6 Å². The van der Waals surface area contributed by atoms with E-state index in [0.29, 0.717) is 16.9 Å². The van der Waals surface area contributed by atoms with E-state index in [-0.39, 0.29) is 35.2 Å². The third kappa shape index (κ3) is 6.95. The minimum atomic E-state index is -3.99. The van der Waals surface area contributed by atoms with Crippen LogP contribution in [-0.2, 0) is 37.7 Å². The molecule has 1 heterocycles. The number of aryl methyl sites for hydroxylation is 3. The first kappa shape index (κ1) is 30.2. The lowest BCUT2D eigenvalue weighted by Crippen LogP contribution is -2.31. The van der Waals surface area contributed by atoms with Crippen molar-refractivity contribution in [1.82, 2.24) is 4.31 Å². The van der Waals surface area contributed by atoms with Gasteiger partial charge in [-0.15, -0.1) is 0 Å². The summed E-state index contributed by atoms with van der Waals surface area (Å²) in [6.07, 6.45) is 1.16. The molecule has 0 unspecified atom stereocenters. The van der Waals surface area contributed by atoms with E-state index >= 15 is 0 Å². The molecule has 4 aromatic rings. The summed E-state index contributed by atoms with van der Waals surface area (Å²) in [5, 5.41) is 0. The zero-order chi connectivity index (χ0) is 29.9. The molecule has 0 fully saturated rings. The molecule has 0 amide bonds. The fraction of sp³-hybridized carbons (Fsp3) is 0.258. The number of ether oxygens (including phenoxy) is 1. The Morgan fingerprint density at radius 3 is 2.10 bits per heavy atom. The molecule has 3 aromatic carbocycles. The quantitative estimate of drug-likeness (QED) is 0.212. The number of rotatable bonds is 10. The molecule has 0 N–H and O–H groups in total. The Morgan fingerprint density at radius 1 is 0.829 bits per heavy atom. The molecule has 0 aliphatic carbocycles. The zero-order valence-corrected chi connectivity index (χ0v) is 25.3. The van der Waals surface area contributed by atoms with Crippen LogP contribution in [0.25, 0.3) is 11.1 Å². The number of benzene rings is 3. The van der Waals surface area contributed by atoms with Crippen LogP contribution in [0.1, 0.15) is 45.5 Å². The Balaban J connectivity index is 1.69. The molecular weight excluding hydrogens is 562 g/mol. The number of hydrogen-bond donors (Lipinski definition) is 0. The van der Waals surface area contributed by atoms with Crippen molar-refractivity contribution < 1.29 is 30.8 Å². The molecule has 8 nitrogen and oxygen atoms in total. The standard InChI is InChI=1S/C31H33NO7S2/c1-6-38-31(33)29-15-14-27(39-29)20-32(41(36,37)30-22(3)16-21(2)17-23(30)4)19-24-10-12-25(13-11-24)26-8-7-9-28(18-26)40(5,34)35/h7-18H,6,19-20H2,1-5H3. The van der Waals surface area contributed by atoms with E-state index in [1.165, 1.54) is 10.4 Å². The van der Waals surface area contributed by atoms with Gasteiger partial charge in [0.05, 0.1) is 22.9 Å². The smallest absolute Gasteiger partial charge is 0.374 e. The normalized spacial score (nSPS) is 12.0. The lowest BCUT2D eigenvalue weighted by atomic mass is 10.0. The van der Waals surface area contributed by atoms with Gasteiger partial charge in [0.2, 0.25) is 15.8 Å². The molecule has 10 heteroatoms. The topological polar surface area (TPSA) is 111 Å². The predicted octanol–water partition coefficient (Wildman–Crippen LogP) is 5.84. The van der Waals surface area contributed by atoms with Crippen LogP contribution in [0.3, 0.4) is 0 Å². The molecule has 0 aliphatic rings. The van der Waals surface area contributed by atoms with Gasteiger partial charge in [-0.3, -0.25) is 0 Å². The van der Waals surface area contributed by atoms with Crippen molar-refractivity contribution in [2.45, 2.75) is 50.6 Å². The van der Waals surface area contributed by atoms with E-state index in [1.54, 1.807) is 45.0 Å². The first-order chi connectivity index (χ1) is 19.3. The third-order valence-electron chi connectivity index (χ3n) is 6.58. The van der Waals surface area contributed by atoms with Crippen molar-refractivity contribution in [1.29, 1.82) is 0 Å². The van der Waals surface area contributed by atoms with E-state index < -0.39 is 25.8 Å². The Hall–Kier alpha value is -3.73. The molecule has 0 spiro atoms. The maximum absolute atomic E-state index is 14.1. The summed E-state index contributed by atoms with van der Waals surface area (Å²) in [5.74, 6) is -0.315. The molecule has 216 valence electrons. The first-order valence-electron chi connectivity index (χ1n) is 13.0. The molecule has 0 atom stereocenters. The lowest BCUT2D eigenvalue weighted by molar-refractivity contribution is 0.0487. The van der Waals surface area contributed by atoms with Crippen molar-refractivity contribution >= 4 is 25.8 Å². The van der Waals surface area contributed by atoms with Crippen molar-refractivity contribution in [2.75, 3.05) is 12.9 Å². The summed E-state index contributed by atoms with van der Waals surface area (Å²) < 4.78 is 64.2. The summed E-state index contributed by atoms with van der Waals surface area (Å²) in [7, 11) is -7.35. The highest BCUT2D eigenvalue weighted by Gasteiger charge is 2.29. The number of nitrogens with zero attached hydrogens (tertiary/aromatic N) is 1. The summed E-state index contributed by atoms with van der Waals surface area (Å²) >= 11 is 0. The first-order valence-corrected chi connectivity index (χ1v) is 16.4. The van der Waals surface area contributed by atoms with Crippen LogP contribution in [0.15, 0.2) is 87.0 Å². The van der Waals surface area contributed by atoms with Crippen LogP contribution >= 0.6 is 0 Å². The van der Waals surface area contributed by atoms with Gasteiger partial charge in [-0.2, -0.15) is 4.31 Å². The van der Waals surface area contributed by atoms with Crippen LogP contribution < -0.4 is 0 Å². The Bertz CT molecular complexity index is 1770. The Morgan fingerprint density at radius 2 is 1.49 bits per heavy atom. The number of carbonyl (C=O) groups is 1. The second-order valence-electron chi connectivity index (χ2n) is 9.98. The minimum Gasteiger partial charge on any atom is -0.460 e. The van der Waals surface area contributed by atoms with E-state index in [0.717, 1.165) is 28.5 Å². The Labute approximate surface area is 241 Å². The van der Waals surface area contributed by atoms with Crippen LogP contribution in [0.4, 0.5) is 0 Å². The highest BCUT2D eigenvalue weighted by Crippen LogP contribution is 2.29. The summed E-state index contributed by atoms with van der Waals surface area (Å²) in [6.45, 7) is 7.28. The van der Waals surface area contributed by atoms with Crippen molar-refractivity contribution in [2.24, 2.45) is 0 Å². The third-order valence-corrected chi connectivity index (χ3v) is 9.79. The van der Waals surface area contributed by atoms with Gasteiger partial charge in [0.25, 0.3) is 0 Å². The van der Waals surface area contributed by atoms with Gasteiger partial charge in [0.15, 0.2) is 9.84 Å². The highest BCUT2D eigenvalue weighted by atomic mass is 32.2. The summed E-state index contributed by atoms with van der Waals surface area (Å²) in [4.78, 5) is 12.6. The highest BCUT2D eigenvalue weighted by molar-refractivity contribution is 7.90. The molecular formula is C31H33NO7S2. The second kappa shape index (κ2) is 12.0. The minimum absolute atomic E-state index is 0.00238. The molecule has 0 saturated heterocycles. The van der Waals surface area contributed by atoms with E-state index in [1.807, 2.05) is 49.4 Å². The van der Waals surface area contributed by atoms with Crippen LogP contribution in [0.5, 0.6) is 0 Å². The molecule has 0 radical (unpaired) electrons. The zero-order valence-electron chi connectivity index (χ0n) is 23.7. The van der Waals surface area contributed by atoms with Gasteiger partial charge in [-0.25, -0.2) is 21.6 Å². The average Bonchev–Trinajstić information content (AvgIpc) is 3.36. The number of furan rings is 1. The number of sulfone groups is 1. The summed E-state index contributed by atoms with van der Waals surface area (Å²) in [5.41, 5.74) is 4.49. The van der Waals surface area contributed by atoms with Crippen LogP contribution in [-0.4, -0.2) is 40.0 Å². The van der Waals surface area contributed by atoms with Crippen molar-refractivity contribution in [3.05, 3.63) is 107 Å². The largest absolute Gasteiger partial charge is 0.460 e. The molecule has 0 bridgehead atoms. The van der Waals surface area contributed by atoms with Crippen LogP contribution in [0.2, 0.25) is 0 Å². The Kier molecular flexibility index (Phi) is 8.86. The van der Waals surface area contributed by atoms with Crippen molar-refractivity contribution in [3.63, 3.8) is 0 Å². The fourth-order valence-corrected chi connectivity index (χ4v) is 7.26. The molecule has 4 rings (SSSR count). The fourth-order valence-electron chi connectivity index (χ4n) is 4.79. The lowest BCUT2D eigenvalue weighted by Gasteiger charge is -2.24. The maximum atomic E-state index is 14.1. The maximum Gasteiger partial charge on any atom is 0.374 e. The number of sulfonamides is 1. The number of hydrogen-bond acceptors (Lipinski definition) is 7. The van der Waals surface area contributed by atoms with Crippen LogP contribution in [0, 0.1) is 20.8 Å². The summed E-state index contributed by atoms with van der Waals surface area (Å²) in [6, 6.07) is 20.7. The molecule has 1 aromatic heterocycles. The van der Waals surface area contributed by atoms with Gasteiger partial charge < -0.3 is 9.15 Å². The number of carbonyl (C=O) groups excluding carboxylic acids is 1. The second-order valence-corrected chi connectivity index (χ2v) is 13.9. The number of esters is 1. The van der Waals surface area contributed by atoms with E-state index in [4.69, 9.17) is 9.15 Å². The van der Waals surface area contributed by atoms with E-state index in [2.05, 4.69) is 0 Å². The SMILES string of the molecule is CCOC(=O)c1ccc(CN(Cc2ccc(-c3cccc(S(C)(=O)=O)c3)cc2)S(=O)(=O)c2c(C)cc(C)cc2C)o1. The molecule has 41 heavy (non-hydrogen) atoms. The van der Waals surface area contributed by atoms with Gasteiger partial charge in [-0.1, -0.05) is 54.1 Å². The molecule has 0 aliphatic heterocycles. The molecule has 0 saturated carbocycles.